The predicted octanol–water partition coefficient (Wildman–Crippen LogP) is 3.22. The molecule has 12 heavy (non-hydrogen) atoms. The first-order valence-corrected chi connectivity index (χ1v) is 6.05. The molecular formula is C10H19BrO. The van der Waals surface area contributed by atoms with Crippen molar-refractivity contribution in [1.29, 1.82) is 0 Å². The fourth-order valence-corrected chi connectivity index (χ4v) is 3.21. The first kappa shape index (κ1) is 10.5. The Labute approximate surface area is 84.0 Å². The summed E-state index contributed by atoms with van der Waals surface area (Å²) >= 11 is 3.64. The van der Waals surface area contributed by atoms with Gasteiger partial charge in [0.25, 0.3) is 0 Å². The second kappa shape index (κ2) is 4.61. The van der Waals surface area contributed by atoms with E-state index in [1.165, 1.54) is 19.3 Å². The summed E-state index contributed by atoms with van der Waals surface area (Å²) < 4.78 is 5.51. The smallest absolute Gasteiger partial charge is 0.0533 e. The van der Waals surface area contributed by atoms with Gasteiger partial charge in [-0.05, 0) is 12.3 Å². The van der Waals surface area contributed by atoms with Crippen LogP contribution >= 0.6 is 15.9 Å². The summed E-state index contributed by atoms with van der Waals surface area (Å²) in [6, 6.07) is 0. The fraction of sp³-hybridized carbons (Fsp3) is 1.00. The number of halogens is 1. The Morgan fingerprint density at radius 2 is 2.08 bits per heavy atom. The Balaban J connectivity index is 2.63. The zero-order chi connectivity index (χ0) is 9.03. The van der Waals surface area contributed by atoms with Gasteiger partial charge in [-0.15, -0.1) is 0 Å². The second-order valence-corrected chi connectivity index (χ2v) is 4.37. The lowest BCUT2D eigenvalue weighted by molar-refractivity contribution is 0.120. The lowest BCUT2D eigenvalue weighted by Crippen LogP contribution is -2.32. The van der Waals surface area contributed by atoms with E-state index in [0.29, 0.717) is 5.41 Å². The standard InChI is InChI=1S/C10H19BrO/c1-3-9(4-2)10(7-11)5-6-12-8-10/h9H,3-8H2,1-2H3. The lowest BCUT2D eigenvalue weighted by atomic mass is 9.74. The maximum absolute atomic E-state index is 5.51. The summed E-state index contributed by atoms with van der Waals surface area (Å²) in [6.45, 7) is 6.50. The van der Waals surface area contributed by atoms with Crippen LogP contribution in [0, 0.1) is 11.3 Å². The summed E-state index contributed by atoms with van der Waals surface area (Å²) in [6.07, 6.45) is 3.81. The Morgan fingerprint density at radius 1 is 1.42 bits per heavy atom. The molecule has 0 aliphatic carbocycles. The van der Waals surface area contributed by atoms with Gasteiger partial charge in [-0.25, -0.2) is 0 Å². The van der Waals surface area contributed by atoms with Crippen molar-refractivity contribution in [2.75, 3.05) is 18.5 Å². The van der Waals surface area contributed by atoms with Gasteiger partial charge >= 0.3 is 0 Å². The molecule has 1 saturated heterocycles. The highest BCUT2D eigenvalue weighted by molar-refractivity contribution is 9.09. The van der Waals surface area contributed by atoms with Gasteiger partial charge in [0.05, 0.1) is 6.61 Å². The molecule has 1 unspecified atom stereocenters. The van der Waals surface area contributed by atoms with Crippen LogP contribution in [-0.2, 0) is 4.74 Å². The van der Waals surface area contributed by atoms with Crippen LogP contribution in [0.5, 0.6) is 0 Å². The van der Waals surface area contributed by atoms with Crippen molar-refractivity contribution in [3.63, 3.8) is 0 Å². The molecule has 0 bridgehead atoms. The topological polar surface area (TPSA) is 9.23 Å². The zero-order valence-corrected chi connectivity index (χ0v) is 9.69. The zero-order valence-electron chi connectivity index (χ0n) is 8.11. The molecule has 0 aromatic carbocycles. The average molecular weight is 235 g/mol. The number of hydrogen-bond donors (Lipinski definition) is 0. The van der Waals surface area contributed by atoms with Gasteiger partial charge in [0, 0.05) is 17.4 Å². The molecule has 1 fully saturated rings. The fourth-order valence-electron chi connectivity index (χ4n) is 2.31. The van der Waals surface area contributed by atoms with Crippen molar-refractivity contribution >= 4 is 15.9 Å². The van der Waals surface area contributed by atoms with E-state index in [2.05, 4.69) is 29.8 Å². The highest BCUT2D eigenvalue weighted by Gasteiger charge is 2.39. The number of hydrogen-bond acceptors (Lipinski definition) is 1. The Morgan fingerprint density at radius 3 is 2.42 bits per heavy atom. The van der Waals surface area contributed by atoms with E-state index in [4.69, 9.17) is 4.74 Å². The third kappa shape index (κ3) is 1.85. The summed E-state index contributed by atoms with van der Waals surface area (Å²) in [5.74, 6) is 0.833. The minimum Gasteiger partial charge on any atom is -0.381 e. The molecule has 1 heterocycles. The molecule has 0 amide bonds. The molecule has 1 nitrogen and oxygen atoms in total. The van der Waals surface area contributed by atoms with Gasteiger partial charge in [0.15, 0.2) is 0 Å². The molecule has 0 N–H and O–H groups in total. The van der Waals surface area contributed by atoms with Gasteiger partial charge in [0.2, 0.25) is 0 Å². The minimum absolute atomic E-state index is 0.448. The van der Waals surface area contributed by atoms with Crippen LogP contribution in [-0.4, -0.2) is 18.5 Å². The third-order valence-electron chi connectivity index (χ3n) is 3.25. The van der Waals surface area contributed by atoms with E-state index < -0.39 is 0 Å². The molecule has 72 valence electrons. The third-order valence-corrected chi connectivity index (χ3v) is 4.37. The van der Waals surface area contributed by atoms with E-state index in [-0.39, 0.29) is 0 Å². The van der Waals surface area contributed by atoms with Crippen LogP contribution in [0.2, 0.25) is 0 Å². The van der Waals surface area contributed by atoms with Crippen molar-refractivity contribution in [3.8, 4) is 0 Å². The molecule has 0 aromatic rings. The summed E-state index contributed by atoms with van der Waals surface area (Å²) in [5, 5.41) is 1.10. The SMILES string of the molecule is CCC(CC)C1(CBr)CCOC1. The van der Waals surface area contributed by atoms with Crippen LogP contribution in [0.4, 0.5) is 0 Å². The molecule has 0 spiro atoms. The van der Waals surface area contributed by atoms with Crippen molar-refractivity contribution in [1.82, 2.24) is 0 Å². The monoisotopic (exact) mass is 234 g/mol. The van der Waals surface area contributed by atoms with Crippen molar-refractivity contribution in [2.24, 2.45) is 11.3 Å². The maximum atomic E-state index is 5.51. The first-order valence-electron chi connectivity index (χ1n) is 4.92. The molecule has 0 radical (unpaired) electrons. The number of rotatable bonds is 4. The number of alkyl halides is 1. The Kier molecular flexibility index (Phi) is 4.04. The van der Waals surface area contributed by atoms with E-state index in [0.717, 1.165) is 24.5 Å². The quantitative estimate of drug-likeness (QED) is 0.680. The van der Waals surface area contributed by atoms with Gasteiger partial charge in [0.1, 0.15) is 0 Å². The summed E-state index contributed by atoms with van der Waals surface area (Å²) in [5.41, 5.74) is 0.448. The highest BCUT2D eigenvalue weighted by atomic mass is 79.9. The summed E-state index contributed by atoms with van der Waals surface area (Å²) in [7, 11) is 0. The minimum atomic E-state index is 0.448. The van der Waals surface area contributed by atoms with Gasteiger partial charge in [-0.3, -0.25) is 0 Å². The van der Waals surface area contributed by atoms with Crippen molar-refractivity contribution in [2.45, 2.75) is 33.1 Å². The molecule has 1 aliphatic heterocycles. The lowest BCUT2D eigenvalue weighted by Gasteiger charge is -2.33. The molecular weight excluding hydrogens is 216 g/mol. The van der Waals surface area contributed by atoms with Gasteiger partial charge in [-0.1, -0.05) is 42.6 Å². The second-order valence-electron chi connectivity index (χ2n) is 3.81. The van der Waals surface area contributed by atoms with E-state index in [1.54, 1.807) is 0 Å². The van der Waals surface area contributed by atoms with Crippen molar-refractivity contribution < 1.29 is 4.74 Å². The molecule has 2 heteroatoms. The molecule has 1 rings (SSSR count). The molecule has 1 aliphatic rings. The van der Waals surface area contributed by atoms with Crippen molar-refractivity contribution in [3.05, 3.63) is 0 Å². The number of ether oxygens (including phenoxy) is 1. The van der Waals surface area contributed by atoms with Gasteiger partial charge < -0.3 is 4.74 Å². The van der Waals surface area contributed by atoms with E-state index in [9.17, 15) is 0 Å². The normalized spacial score (nSPS) is 30.0. The van der Waals surface area contributed by atoms with E-state index >= 15 is 0 Å². The average Bonchev–Trinajstić information content (AvgIpc) is 2.56. The van der Waals surface area contributed by atoms with Crippen LogP contribution in [0.15, 0.2) is 0 Å². The van der Waals surface area contributed by atoms with Crippen LogP contribution in [0.1, 0.15) is 33.1 Å². The highest BCUT2D eigenvalue weighted by Crippen LogP contribution is 2.41. The summed E-state index contributed by atoms with van der Waals surface area (Å²) in [4.78, 5) is 0. The van der Waals surface area contributed by atoms with Crippen LogP contribution in [0.25, 0.3) is 0 Å². The largest absolute Gasteiger partial charge is 0.381 e. The van der Waals surface area contributed by atoms with Gasteiger partial charge in [-0.2, -0.15) is 0 Å². The first-order chi connectivity index (χ1) is 5.79. The Bertz CT molecular complexity index is 126. The van der Waals surface area contributed by atoms with E-state index in [1.807, 2.05) is 0 Å². The molecule has 0 aromatic heterocycles. The van der Waals surface area contributed by atoms with Crippen LogP contribution in [0.3, 0.4) is 0 Å². The molecule has 1 atom stereocenters. The van der Waals surface area contributed by atoms with Crippen LogP contribution < -0.4 is 0 Å². The maximum Gasteiger partial charge on any atom is 0.0533 e. The Hall–Kier alpha value is 0.440. The molecule has 0 saturated carbocycles. The predicted molar refractivity (Wildman–Crippen MR) is 55.7 cm³/mol.